The summed E-state index contributed by atoms with van der Waals surface area (Å²) in [5, 5.41) is 3.49. The molecule has 0 radical (unpaired) electrons. The van der Waals surface area contributed by atoms with E-state index in [4.69, 9.17) is 5.73 Å². The zero-order valence-electron chi connectivity index (χ0n) is 8.66. The molecule has 2 rings (SSSR count). The Labute approximate surface area is 85.5 Å². The SMILES string of the molecule is Cc1ccc(N[C@@H]2CCC[C@@H]2N)cc1. The molecule has 1 aliphatic carbocycles. The standard InChI is InChI=1S/C12H18N2/c1-9-5-7-10(8-6-9)14-12-4-2-3-11(12)13/h5-8,11-12,14H,2-4,13H2,1H3/t11-,12+/m0/s1. The summed E-state index contributed by atoms with van der Waals surface area (Å²) in [6.07, 6.45) is 3.61. The molecular formula is C12H18N2. The first-order chi connectivity index (χ1) is 6.75. The number of hydrogen-bond acceptors (Lipinski definition) is 2. The number of aryl methyl sites for hydroxylation is 1. The molecule has 1 aromatic rings. The van der Waals surface area contributed by atoms with E-state index in [1.165, 1.54) is 24.1 Å². The lowest BCUT2D eigenvalue weighted by Gasteiger charge is -2.18. The molecule has 2 heteroatoms. The van der Waals surface area contributed by atoms with Gasteiger partial charge in [0.2, 0.25) is 0 Å². The summed E-state index contributed by atoms with van der Waals surface area (Å²) >= 11 is 0. The first kappa shape index (κ1) is 9.53. The van der Waals surface area contributed by atoms with Crippen molar-refractivity contribution in [3.63, 3.8) is 0 Å². The van der Waals surface area contributed by atoms with Crippen LogP contribution in [0.4, 0.5) is 5.69 Å². The maximum absolute atomic E-state index is 5.99. The average Bonchev–Trinajstić information content (AvgIpc) is 2.56. The van der Waals surface area contributed by atoms with E-state index < -0.39 is 0 Å². The quantitative estimate of drug-likeness (QED) is 0.751. The highest BCUT2D eigenvalue weighted by atomic mass is 15.0. The van der Waals surface area contributed by atoms with E-state index in [1.54, 1.807) is 0 Å². The predicted octanol–water partition coefficient (Wildman–Crippen LogP) is 2.29. The molecule has 0 aliphatic heterocycles. The van der Waals surface area contributed by atoms with Gasteiger partial charge in [-0.25, -0.2) is 0 Å². The molecule has 1 aromatic carbocycles. The summed E-state index contributed by atoms with van der Waals surface area (Å²) in [5.41, 5.74) is 8.48. The van der Waals surface area contributed by atoms with Gasteiger partial charge >= 0.3 is 0 Å². The van der Waals surface area contributed by atoms with E-state index in [-0.39, 0.29) is 0 Å². The van der Waals surface area contributed by atoms with Crippen LogP contribution < -0.4 is 11.1 Å². The van der Waals surface area contributed by atoms with E-state index in [9.17, 15) is 0 Å². The number of benzene rings is 1. The number of anilines is 1. The third kappa shape index (κ3) is 2.07. The Kier molecular flexibility index (Phi) is 2.73. The smallest absolute Gasteiger partial charge is 0.0412 e. The van der Waals surface area contributed by atoms with Gasteiger partial charge in [-0.3, -0.25) is 0 Å². The minimum atomic E-state index is 0.330. The van der Waals surface area contributed by atoms with Crippen LogP contribution in [0.2, 0.25) is 0 Å². The van der Waals surface area contributed by atoms with Crippen molar-refractivity contribution in [3.05, 3.63) is 29.8 Å². The molecular weight excluding hydrogens is 172 g/mol. The Hall–Kier alpha value is -1.02. The third-order valence-electron chi connectivity index (χ3n) is 2.97. The summed E-state index contributed by atoms with van der Waals surface area (Å²) in [4.78, 5) is 0. The number of hydrogen-bond donors (Lipinski definition) is 2. The Morgan fingerprint density at radius 2 is 1.93 bits per heavy atom. The summed E-state index contributed by atoms with van der Waals surface area (Å²) in [6, 6.07) is 9.31. The zero-order chi connectivity index (χ0) is 9.97. The van der Waals surface area contributed by atoms with Crippen LogP contribution in [-0.2, 0) is 0 Å². The Morgan fingerprint density at radius 1 is 1.21 bits per heavy atom. The maximum Gasteiger partial charge on any atom is 0.0412 e. The van der Waals surface area contributed by atoms with Gasteiger partial charge in [0.15, 0.2) is 0 Å². The Balaban J connectivity index is 2.00. The highest BCUT2D eigenvalue weighted by Crippen LogP contribution is 2.21. The highest BCUT2D eigenvalue weighted by Gasteiger charge is 2.23. The number of nitrogens with two attached hydrogens (primary N) is 1. The van der Waals surface area contributed by atoms with Crippen molar-refractivity contribution in [1.29, 1.82) is 0 Å². The molecule has 0 spiro atoms. The fourth-order valence-corrected chi connectivity index (χ4v) is 2.03. The lowest BCUT2D eigenvalue weighted by atomic mass is 10.1. The highest BCUT2D eigenvalue weighted by molar-refractivity contribution is 5.45. The molecule has 0 amide bonds. The summed E-state index contributed by atoms with van der Waals surface area (Å²) < 4.78 is 0. The maximum atomic E-state index is 5.99. The topological polar surface area (TPSA) is 38.0 Å². The zero-order valence-corrected chi connectivity index (χ0v) is 8.66. The minimum Gasteiger partial charge on any atom is -0.381 e. The summed E-state index contributed by atoms with van der Waals surface area (Å²) in [5.74, 6) is 0. The molecule has 0 unspecified atom stereocenters. The second-order valence-corrected chi connectivity index (χ2v) is 4.21. The van der Waals surface area contributed by atoms with Crippen LogP contribution >= 0.6 is 0 Å². The van der Waals surface area contributed by atoms with Crippen molar-refractivity contribution in [1.82, 2.24) is 0 Å². The normalized spacial score (nSPS) is 26.4. The molecule has 2 nitrogen and oxygen atoms in total. The van der Waals surface area contributed by atoms with Gasteiger partial charge in [-0.05, 0) is 38.3 Å². The minimum absolute atomic E-state index is 0.330. The van der Waals surface area contributed by atoms with Crippen molar-refractivity contribution in [2.24, 2.45) is 5.73 Å². The monoisotopic (exact) mass is 190 g/mol. The van der Waals surface area contributed by atoms with Gasteiger partial charge in [0.05, 0.1) is 0 Å². The molecule has 1 saturated carbocycles. The van der Waals surface area contributed by atoms with Crippen molar-refractivity contribution in [2.75, 3.05) is 5.32 Å². The number of nitrogens with one attached hydrogen (secondary N) is 1. The van der Waals surface area contributed by atoms with E-state index in [1.807, 2.05) is 0 Å². The van der Waals surface area contributed by atoms with Crippen LogP contribution in [0.1, 0.15) is 24.8 Å². The van der Waals surface area contributed by atoms with Crippen molar-refractivity contribution < 1.29 is 0 Å². The molecule has 0 bridgehead atoms. The second-order valence-electron chi connectivity index (χ2n) is 4.21. The molecule has 0 aromatic heterocycles. The van der Waals surface area contributed by atoms with Crippen LogP contribution in [0.25, 0.3) is 0 Å². The van der Waals surface area contributed by atoms with Crippen molar-refractivity contribution in [3.8, 4) is 0 Å². The van der Waals surface area contributed by atoms with Gasteiger partial charge in [0.1, 0.15) is 0 Å². The van der Waals surface area contributed by atoms with E-state index in [0.717, 1.165) is 6.42 Å². The first-order valence-corrected chi connectivity index (χ1v) is 5.34. The van der Waals surface area contributed by atoms with Gasteiger partial charge < -0.3 is 11.1 Å². The van der Waals surface area contributed by atoms with E-state index >= 15 is 0 Å². The molecule has 14 heavy (non-hydrogen) atoms. The van der Waals surface area contributed by atoms with Crippen LogP contribution in [-0.4, -0.2) is 12.1 Å². The van der Waals surface area contributed by atoms with Gasteiger partial charge in [0, 0.05) is 17.8 Å². The largest absolute Gasteiger partial charge is 0.381 e. The fourth-order valence-electron chi connectivity index (χ4n) is 2.03. The lowest BCUT2D eigenvalue weighted by molar-refractivity contribution is 0.638. The summed E-state index contributed by atoms with van der Waals surface area (Å²) in [6.45, 7) is 2.10. The molecule has 1 aliphatic rings. The summed E-state index contributed by atoms with van der Waals surface area (Å²) in [7, 11) is 0. The van der Waals surface area contributed by atoms with Gasteiger partial charge in [0.25, 0.3) is 0 Å². The molecule has 1 fully saturated rings. The molecule has 0 saturated heterocycles. The van der Waals surface area contributed by atoms with Gasteiger partial charge in [-0.2, -0.15) is 0 Å². The second kappa shape index (κ2) is 4.01. The van der Waals surface area contributed by atoms with Crippen LogP contribution in [0, 0.1) is 6.92 Å². The van der Waals surface area contributed by atoms with E-state index in [0.29, 0.717) is 12.1 Å². The first-order valence-electron chi connectivity index (χ1n) is 5.34. The Bertz CT molecular complexity index is 292. The number of rotatable bonds is 2. The predicted molar refractivity (Wildman–Crippen MR) is 60.4 cm³/mol. The fraction of sp³-hybridized carbons (Fsp3) is 0.500. The lowest BCUT2D eigenvalue weighted by Crippen LogP contribution is -2.35. The van der Waals surface area contributed by atoms with Crippen LogP contribution in [0.3, 0.4) is 0 Å². The Morgan fingerprint density at radius 3 is 2.50 bits per heavy atom. The van der Waals surface area contributed by atoms with Gasteiger partial charge in [-0.15, -0.1) is 0 Å². The van der Waals surface area contributed by atoms with Crippen LogP contribution in [0.5, 0.6) is 0 Å². The van der Waals surface area contributed by atoms with Crippen LogP contribution in [0.15, 0.2) is 24.3 Å². The van der Waals surface area contributed by atoms with E-state index in [2.05, 4.69) is 36.5 Å². The molecule has 2 atom stereocenters. The van der Waals surface area contributed by atoms with Crippen molar-refractivity contribution >= 4 is 5.69 Å². The average molecular weight is 190 g/mol. The molecule has 3 N–H and O–H groups in total. The molecule has 0 heterocycles. The van der Waals surface area contributed by atoms with Gasteiger partial charge in [-0.1, -0.05) is 17.7 Å². The van der Waals surface area contributed by atoms with Crippen molar-refractivity contribution in [2.45, 2.75) is 38.3 Å². The third-order valence-corrected chi connectivity index (χ3v) is 2.97. The molecule has 76 valence electrons.